The van der Waals surface area contributed by atoms with Crippen LogP contribution in [0, 0.1) is 18.6 Å². The largest absolute Gasteiger partial charge is 0.507 e. The summed E-state index contributed by atoms with van der Waals surface area (Å²) in [6, 6.07) is 7.82. The summed E-state index contributed by atoms with van der Waals surface area (Å²) in [6.45, 7) is 10.3. The molecule has 1 aliphatic heterocycles. The maximum atomic E-state index is 16.0. The summed E-state index contributed by atoms with van der Waals surface area (Å²) < 4.78 is 59.0. The molecule has 1 saturated heterocycles. The number of aromatic hydroxyl groups is 1. The Labute approximate surface area is 263 Å². The van der Waals surface area contributed by atoms with E-state index in [-0.39, 0.29) is 42.4 Å². The van der Waals surface area contributed by atoms with E-state index >= 15 is 8.78 Å². The van der Waals surface area contributed by atoms with Gasteiger partial charge in [-0.15, -0.1) is 0 Å². The normalized spacial score (nSPS) is 17.1. The lowest BCUT2D eigenvalue weighted by Crippen LogP contribution is -2.54. The fraction of sp³-hybridized carbons (Fsp3) is 0.333. The van der Waals surface area contributed by atoms with E-state index in [1.807, 2.05) is 6.07 Å². The highest BCUT2D eigenvalue weighted by molar-refractivity contribution is 7.70. The van der Waals surface area contributed by atoms with E-state index in [1.54, 1.807) is 38.1 Å². The van der Waals surface area contributed by atoms with Crippen LogP contribution in [0.3, 0.4) is 0 Å². The molecule has 1 atom stereocenters. The Bertz CT molecular complexity index is 2040. The number of pyridine rings is 1. The van der Waals surface area contributed by atoms with Crippen LogP contribution in [0.4, 0.5) is 19.0 Å². The number of carbonyl (C=O) groups is 1. The minimum absolute atomic E-state index is 0.0224. The van der Waals surface area contributed by atoms with Crippen molar-refractivity contribution in [2.45, 2.75) is 38.6 Å². The molecule has 2 aliphatic rings. The number of fused-ring (bicyclic) bond motifs is 1. The van der Waals surface area contributed by atoms with Gasteiger partial charge >= 0.3 is 5.69 Å². The maximum Gasteiger partial charge on any atom is 0.355 e. The van der Waals surface area contributed by atoms with Crippen molar-refractivity contribution in [3.63, 3.8) is 0 Å². The Morgan fingerprint density at radius 1 is 1.09 bits per heavy atom. The van der Waals surface area contributed by atoms with Crippen molar-refractivity contribution in [2.24, 2.45) is 0 Å². The zero-order chi connectivity index (χ0) is 33.2. The van der Waals surface area contributed by atoms with E-state index in [0.29, 0.717) is 16.6 Å². The van der Waals surface area contributed by atoms with Gasteiger partial charge in [-0.25, -0.2) is 27.5 Å². The van der Waals surface area contributed by atoms with Crippen LogP contribution in [-0.4, -0.2) is 69.5 Å². The van der Waals surface area contributed by atoms with Crippen molar-refractivity contribution in [1.29, 1.82) is 0 Å². The quantitative estimate of drug-likeness (QED) is 0.220. The molecule has 2 aromatic heterocycles. The number of hydrogen-bond donors (Lipinski definition) is 1. The highest BCUT2D eigenvalue weighted by Gasteiger charge is 2.34. The van der Waals surface area contributed by atoms with Crippen LogP contribution < -0.4 is 15.9 Å². The lowest BCUT2D eigenvalue weighted by atomic mass is 10.0. The molecule has 240 valence electrons. The molecule has 2 aromatic carbocycles. The number of hydrogen-bond acceptors (Lipinski definition) is 7. The molecule has 0 radical (unpaired) electrons. The molecular formula is C33H33F3N5O4P. The Kier molecular flexibility index (Phi) is 7.83. The number of phenolic OH excluding ortho intramolecular Hbond substituents is 1. The zero-order valence-electron chi connectivity index (χ0n) is 25.9. The number of rotatable bonds is 6. The van der Waals surface area contributed by atoms with Crippen LogP contribution in [0.25, 0.3) is 28.0 Å². The standard InChI is InChI=1S/C33H33F3N5O4P/c1-17-13-21(46(4,5)45)14-22(20-9-10-20)29(17)41-31-23(15-25(36)28(37-31)27-24(35)7-6-8-26(27)42)30(38-33(41)44)40-12-11-39(16-18(40)2)32(43)19(3)34/h6-8,13-15,18,20,42H,3,9-12,16H2,1-2,4-5H3/t18-/m0/s1. The fourth-order valence-corrected chi connectivity index (χ4v) is 7.14. The van der Waals surface area contributed by atoms with Crippen molar-refractivity contribution in [3.8, 4) is 22.7 Å². The average Bonchev–Trinajstić information content (AvgIpc) is 3.82. The van der Waals surface area contributed by atoms with Crippen LogP contribution >= 0.6 is 7.14 Å². The number of amides is 1. The molecule has 3 heterocycles. The second-order valence-electron chi connectivity index (χ2n) is 12.4. The number of anilines is 1. The van der Waals surface area contributed by atoms with Gasteiger partial charge in [0.1, 0.15) is 30.2 Å². The van der Waals surface area contributed by atoms with Gasteiger partial charge in [0.05, 0.1) is 16.6 Å². The third kappa shape index (κ3) is 5.48. The van der Waals surface area contributed by atoms with Crippen molar-refractivity contribution < 1.29 is 27.6 Å². The summed E-state index contributed by atoms with van der Waals surface area (Å²) in [7, 11) is -2.67. The summed E-state index contributed by atoms with van der Waals surface area (Å²) in [6.07, 6.45) is 1.71. The van der Waals surface area contributed by atoms with Crippen molar-refractivity contribution in [3.05, 3.63) is 82.0 Å². The van der Waals surface area contributed by atoms with Gasteiger partial charge in [-0.2, -0.15) is 4.98 Å². The first kappa shape index (κ1) is 31.5. The van der Waals surface area contributed by atoms with Gasteiger partial charge in [0.15, 0.2) is 17.3 Å². The van der Waals surface area contributed by atoms with Gasteiger partial charge < -0.3 is 19.5 Å². The van der Waals surface area contributed by atoms with Gasteiger partial charge in [0.2, 0.25) is 0 Å². The van der Waals surface area contributed by atoms with E-state index in [9.17, 15) is 23.7 Å². The summed E-state index contributed by atoms with van der Waals surface area (Å²) in [4.78, 5) is 38.4. The van der Waals surface area contributed by atoms with E-state index in [1.165, 1.54) is 21.6 Å². The number of nitrogens with zero attached hydrogens (tertiary/aromatic N) is 5. The van der Waals surface area contributed by atoms with E-state index < -0.39 is 59.2 Å². The minimum atomic E-state index is -2.67. The number of carbonyl (C=O) groups excluding carboxylic acids is 1. The highest BCUT2D eigenvalue weighted by atomic mass is 31.2. The van der Waals surface area contributed by atoms with Gasteiger partial charge in [-0.05, 0) is 87.4 Å². The summed E-state index contributed by atoms with van der Waals surface area (Å²) >= 11 is 0. The number of phenols is 1. The van der Waals surface area contributed by atoms with Crippen LogP contribution in [0.15, 0.2) is 53.6 Å². The Balaban J connectivity index is 1.64. The molecule has 1 saturated carbocycles. The molecule has 1 amide bonds. The first-order valence-corrected chi connectivity index (χ1v) is 17.5. The molecule has 4 aromatic rings. The molecule has 0 spiro atoms. The van der Waals surface area contributed by atoms with Gasteiger partial charge in [-0.3, -0.25) is 4.79 Å². The first-order chi connectivity index (χ1) is 21.7. The first-order valence-electron chi connectivity index (χ1n) is 14.9. The molecule has 46 heavy (non-hydrogen) atoms. The molecule has 1 N–H and O–H groups in total. The van der Waals surface area contributed by atoms with Gasteiger partial charge in [0.25, 0.3) is 5.91 Å². The monoisotopic (exact) mass is 651 g/mol. The molecule has 1 aliphatic carbocycles. The lowest BCUT2D eigenvalue weighted by molar-refractivity contribution is -0.129. The molecule has 13 heteroatoms. The predicted molar refractivity (Wildman–Crippen MR) is 172 cm³/mol. The highest BCUT2D eigenvalue weighted by Crippen LogP contribution is 2.46. The number of benzene rings is 2. The van der Waals surface area contributed by atoms with Crippen LogP contribution in [0.2, 0.25) is 0 Å². The minimum Gasteiger partial charge on any atom is -0.507 e. The average molecular weight is 652 g/mol. The maximum absolute atomic E-state index is 16.0. The number of halogens is 3. The smallest absolute Gasteiger partial charge is 0.355 e. The third-order valence-corrected chi connectivity index (χ3v) is 10.1. The van der Waals surface area contributed by atoms with Crippen molar-refractivity contribution in [2.75, 3.05) is 37.9 Å². The third-order valence-electron chi connectivity index (χ3n) is 8.63. The predicted octanol–water partition coefficient (Wildman–Crippen LogP) is 5.39. The Morgan fingerprint density at radius 2 is 1.80 bits per heavy atom. The zero-order valence-corrected chi connectivity index (χ0v) is 26.7. The molecule has 2 fully saturated rings. The Hall–Kier alpha value is -4.44. The van der Waals surface area contributed by atoms with Gasteiger partial charge in [-0.1, -0.05) is 12.6 Å². The summed E-state index contributed by atoms with van der Waals surface area (Å²) in [5.74, 6) is -4.12. The lowest BCUT2D eigenvalue weighted by Gasteiger charge is -2.40. The topological polar surface area (TPSA) is 109 Å². The van der Waals surface area contributed by atoms with Crippen LogP contribution in [0.1, 0.15) is 36.8 Å². The molecule has 6 rings (SSSR count). The van der Waals surface area contributed by atoms with Crippen molar-refractivity contribution in [1.82, 2.24) is 19.4 Å². The van der Waals surface area contributed by atoms with Gasteiger partial charge in [0, 0.05) is 31.0 Å². The molecule has 0 bridgehead atoms. The SMILES string of the molecule is C=C(F)C(=O)N1CCN(c2nc(=O)n(-c3c(C)cc(P(C)(C)=O)cc3C3CC3)c3nc(-c4c(O)cccc4F)c(F)cc23)[C@@H](C)C1. The molecule has 0 unspecified atom stereocenters. The van der Waals surface area contributed by atoms with E-state index in [0.717, 1.165) is 30.5 Å². The second-order valence-corrected chi connectivity index (χ2v) is 15.6. The molecular weight excluding hydrogens is 618 g/mol. The summed E-state index contributed by atoms with van der Waals surface area (Å²) in [5, 5.41) is 11.3. The number of aromatic nitrogens is 3. The van der Waals surface area contributed by atoms with E-state index in [2.05, 4.69) is 16.5 Å². The number of piperazine rings is 1. The van der Waals surface area contributed by atoms with Crippen LogP contribution in [0.5, 0.6) is 5.75 Å². The second kappa shape index (κ2) is 11.4. The number of aryl methyl sites for hydroxylation is 1. The van der Waals surface area contributed by atoms with E-state index in [4.69, 9.17) is 0 Å². The van der Waals surface area contributed by atoms with Crippen LogP contribution in [-0.2, 0) is 9.36 Å². The molecule has 9 nitrogen and oxygen atoms in total. The van der Waals surface area contributed by atoms with Crippen molar-refractivity contribution >= 4 is 35.2 Å². The fourth-order valence-electron chi connectivity index (χ4n) is 6.19. The Morgan fingerprint density at radius 3 is 2.41 bits per heavy atom. The summed E-state index contributed by atoms with van der Waals surface area (Å²) in [5.41, 5.74) is 0.181.